The van der Waals surface area contributed by atoms with Crippen LogP contribution in [-0.2, 0) is 9.09 Å². The Kier molecular flexibility index (Phi) is 22.9. The molecule has 4 nitrogen and oxygen atoms in total. The van der Waals surface area contributed by atoms with E-state index in [4.69, 9.17) is 4.52 Å². The second-order valence-corrected chi connectivity index (χ2v) is 13.5. The van der Waals surface area contributed by atoms with Crippen molar-refractivity contribution >= 4 is 7.60 Å². The van der Waals surface area contributed by atoms with Gasteiger partial charge in [0.2, 0.25) is 0 Å². The van der Waals surface area contributed by atoms with Crippen molar-refractivity contribution in [2.45, 2.75) is 154 Å². The average molecular weight is 517 g/mol. The lowest BCUT2D eigenvalue weighted by Gasteiger charge is -2.35. The molecule has 0 aliphatic carbocycles. The van der Waals surface area contributed by atoms with E-state index in [1.54, 1.807) is 0 Å². The van der Waals surface area contributed by atoms with Crippen LogP contribution in [0.25, 0.3) is 0 Å². The molecule has 0 heterocycles. The van der Waals surface area contributed by atoms with Gasteiger partial charge in [-0.15, -0.1) is 0 Å². The lowest BCUT2D eigenvalue weighted by atomic mass is 10.0. The number of nitrogens with zero attached hydrogens (tertiary/aromatic N) is 1. The molecule has 0 aliphatic heterocycles. The molecule has 0 saturated heterocycles. The highest BCUT2D eigenvalue weighted by molar-refractivity contribution is 7.53. The first kappa shape index (κ1) is 34.9. The average Bonchev–Trinajstić information content (AvgIpc) is 2.80. The van der Waals surface area contributed by atoms with Gasteiger partial charge in [0, 0.05) is 6.42 Å². The van der Waals surface area contributed by atoms with Crippen LogP contribution in [0.15, 0.2) is 12.2 Å². The summed E-state index contributed by atoms with van der Waals surface area (Å²) in [5.74, 6) is -0.340. The first-order chi connectivity index (χ1) is 16.8. The topological polar surface area (TPSA) is 46.5 Å². The van der Waals surface area contributed by atoms with Crippen molar-refractivity contribution in [3.63, 3.8) is 0 Å². The molecular formula is C30H63NO3P+. The minimum Gasteiger partial charge on any atom is -0.320 e. The van der Waals surface area contributed by atoms with E-state index in [0.717, 1.165) is 32.1 Å². The molecule has 0 aromatic carbocycles. The Morgan fingerprint density at radius 1 is 0.657 bits per heavy atom. The van der Waals surface area contributed by atoms with Gasteiger partial charge < -0.3 is 13.9 Å². The van der Waals surface area contributed by atoms with E-state index in [-0.39, 0.29) is 5.78 Å². The van der Waals surface area contributed by atoms with Crippen molar-refractivity contribution in [3.8, 4) is 0 Å². The molecule has 0 fully saturated rings. The number of hydrogen-bond donors (Lipinski definition) is 1. The summed E-state index contributed by atoms with van der Waals surface area (Å²) in [7, 11) is 2.34. The van der Waals surface area contributed by atoms with Crippen LogP contribution in [0.2, 0.25) is 0 Å². The Hall–Kier alpha value is -0.150. The number of hydrogen-bond acceptors (Lipinski definition) is 2. The van der Waals surface area contributed by atoms with Crippen LogP contribution >= 0.6 is 7.60 Å². The molecule has 0 rings (SSSR count). The van der Waals surface area contributed by atoms with Crippen molar-refractivity contribution in [1.29, 1.82) is 0 Å². The van der Waals surface area contributed by atoms with Gasteiger partial charge in [-0.2, -0.15) is 0 Å². The molecule has 35 heavy (non-hydrogen) atoms. The van der Waals surface area contributed by atoms with Crippen LogP contribution in [0.4, 0.5) is 0 Å². The normalized spacial score (nSPS) is 15.0. The van der Waals surface area contributed by atoms with Crippen LogP contribution in [0, 0.1) is 0 Å². The number of unbranched alkanes of at least 4 members (excludes halogenated alkanes) is 17. The maximum Gasteiger partial charge on any atom is 0.385 e. The standard InChI is InChI=1S/C30H62NO3P/c1-6-8-9-10-11-12-13-14-15-16-17-18-19-20-21-22-23-24-25-26-27-29-34-35(32,33)30(28-7-2)31(3,4)5/h21-22,30H,6-20,23-29H2,1-5H3/p+1/b22-21-. The van der Waals surface area contributed by atoms with Gasteiger partial charge in [0.15, 0.2) is 5.78 Å². The predicted molar refractivity (Wildman–Crippen MR) is 155 cm³/mol. The van der Waals surface area contributed by atoms with Crippen LogP contribution in [0.1, 0.15) is 149 Å². The maximum atomic E-state index is 12.7. The lowest BCUT2D eigenvalue weighted by Crippen LogP contribution is -2.45. The zero-order chi connectivity index (χ0) is 26.3. The summed E-state index contributed by atoms with van der Waals surface area (Å²) in [6.07, 6.45) is 31.4. The zero-order valence-electron chi connectivity index (χ0n) is 24.4. The van der Waals surface area contributed by atoms with E-state index in [2.05, 4.69) is 26.0 Å². The fourth-order valence-electron chi connectivity index (χ4n) is 4.76. The molecule has 1 N–H and O–H groups in total. The van der Waals surface area contributed by atoms with E-state index < -0.39 is 7.60 Å². The van der Waals surface area contributed by atoms with Crippen LogP contribution in [0.3, 0.4) is 0 Å². The highest BCUT2D eigenvalue weighted by Gasteiger charge is 2.41. The molecule has 0 radical (unpaired) electrons. The number of allylic oxidation sites excluding steroid dienone is 2. The van der Waals surface area contributed by atoms with E-state index in [0.29, 0.717) is 17.5 Å². The van der Waals surface area contributed by atoms with Crippen LogP contribution < -0.4 is 0 Å². The molecular weight excluding hydrogens is 453 g/mol. The second kappa shape index (κ2) is 23.0. The lowest BCUT2D eigenvalue weighted by molar-refractivity contribution is -0.883. The monoisotopic (exact) mass is 516 g/mol. The highest BCUT2D eigenvalue weighted by Crippen LogP contribution is 2.51. The van der Waals surface area contributed by atoms with Gasteiger partial charge >= 0.3 is 7.60 Å². The molecule has 210 valence electrons. The van der Waals surface area contributed by atoms with Crippen molar-refractivity contribution in [1.82, 2.24) is 0 Å². The quantitative estimate of drug-likeness (QED) is 0.0538. The first-order valence-electron chi connectivity index (χ1n) is 15.2. The summed E-state index contributed by atoms with van der Waals surface area (Å²) in [5.41, 5.74) is 0. The molecule has 0 amide bonds. The molecule has 2 atom stereocenters. The third-order valence-electron chi connectivity index (χ3n) is 7.00. The van der Waals surface area contributed by atoms with Gasteiger partial charge in [0.25, 0.3) is 0 Å². The Morgan fingerprint density at radius 3 is 1.46 bits per heavy atom. The first-order valence-corrected chi connectivity index (χ1v) is 16.8. The van der Waals surface area contributed by atoms with E-state index in [1.807, 2.05) is 21.1 Å². The fourth-order valence-corrected chi connectivity index (χ4v) is 6.78. The van der Waals surface area contributed by atoms with Gasteiger partial charge in [-0.05, 0) is 38.5 Å². The third-order valence-corrected chi connectivity index (χ3v) is 9.26. The molecule has 0 saturated carbocycles. The van der Waals surface area contributed by atoms with E-state index in [9.17, 15) is 9.46 Å². The fraction of sp³-hybridized carbons (Fsp3) is 0.933. The molecule has 5 heteroatoms. The van der Waals surface area contributed by atoms with Crippen molar-refractivity contribution in [2.24, 2.45) is 0 Å². The Labute approximate surface area is 220 Å². The Morgan fingerprint density at radius 2 is 1.06 bits per heavy atom. The Balaban J connectivity index is 3.49. The molecule has 0 aliphatic rings. The minimum atomic E-state index is -3.58. The van der Waals surface area contributed by atoms with Crippen LogP contribution in [0.5, 0.6) is 0 Å². The highest BCUT2D eigenvalue weighted by atomic mass is 31.2. The summed E-state index contributed by atoms with van der Waals surface area (Å²) in [6.45, 7) is 4.73. The SMILES string of the molecule is CCCCCCCCCCCCCCC/C=C\CCCCCCOP(=O)(O)C(CCC)[N+](C)(C)C. The largest absolute Gasteiger partial charge is 0.385 e. The van der Waals surface area contributed by atoms with Gasteiger partial charge in [-0.3, -0.25) is 4.57 Å². The van der Waals surface area contributed by atoms with E-state index in [1.165, 1.54) is 96.3 Å². The van der Waals surface area contributed by atoms with Crippen molar-refractivity contribution in [3.05, 3.63) is 12.2 Å². The molecule has 0 spiro atoms. The van der Waals surface area contributed by atoms with Gasteiger partial charge in [-0.1, -0.05) is 116 Å². The minimum absolute atomic E-state index is 0.340. The predicted octanol–water partition coefficient (Wildman–Crippen LogP) is 10.0. The van der Waals surface area contributed by atoms with Gasteiger partial charge in [0.1, 0.15) is 0 Å². The molecule has 0 aromatic rings. The molecule has 2 unspecified atom stereocenters. The maximum absolute atomic E-state index is 12.7. The molecule has 0 aromatic heterocycles. The summed E-state index contributed by atoms with van der Waals surface area (Å²) >= 11 is 0. The smallest absolute Gasteiger partial charge is 0.320 e. The summed E-state index contributed by atoms with van der Waals surface area (Å²) in [6, 6.07) is 0. The van der Waals surface area contributed by atoms with Gasteiger partial charge in [0.05, 0.1) is 27.7 Å². The third kappa shape index (κ3) is 21.6. The summed E-state index contributed by atoms with van der Waals surface area (Å²) in [4.78, 5) is 10.4. The van der Waals surface area contributed by atoms with Crippen molar-refractivity contribution in [2.75, 3.05) is 27.7 Å². The summed E-state index contributed by atoms with van der Waals surface area (Å²) < 4.78 is 18.6. The zero-order valence-corrected chi connectivity index (χ0v) is 25.3. The van der Waals surface area contributed by atoms with E-state index >= 15 is 0 Å². The van der Waals surface area contributed by atoms with Gasteiger partial charge in [-0.25, -0.2) is 0 Å². The molecule has 0 bridgehead atoms. The van der Waals surface area contributed by atoms with Crippen LogP contribution in [-0.4, -0.2) is 42.9 Å². The Bertz CT molecular complexity index is 530. The number of quaternary nitrogens is 1. The second-order valence-electron chi connectivity index (χ2n) is 11.5. The number of rotatable bonds is 26. The summed E-state index contributed by atoms with van der Waals surface area (Å²) in [5, 5.41) is 0. The van der Waals surface area contributed by atoms with Crippen molar-refractivity contribution < 1.29 is 18.5 Å².